The number of hydrogen-bond donors (Lipinski definition) is 2. The Morgan fingerprint density at radius 1 is 0.500 bits per heavy atom. The average molecular weight is 363 g/mol. The highest BCUT2D eigenvalue weighted by atomic mass is 15.1. The first-order chi connectivity index (χ1) is 12.5. The molecule has 0 aromatic heterocycles. The van der Waals surface area contributed by atoms with Gasteiger partial charge in [0.1, 0.15) is 0 Å². The fraction of sp³-hybridized carbons (Fsp3) is 1.00. The molecule has 0 aromatic carbocycles. The lowest BCUT2D eigenvalue weighted by molar-refractivity contribution is 0.175. The van der Waals surface area contributed by atoms with Crippen LogP contribution in [0.5, 0.6) is 0 Å². The lowest BCUT2D eigenvalue weighted by atomic mass is 9.78. The van der Waals surface area contributed by atoms with Crippen LogP contribution in [0.4, 0.5) is 0 Å². The molecule has 0 aromatic rings. The van der Waals surface area contributed by atoms with Crippen molar-refractivity contribution in [1.29, 1.82) is 0 Å². The molecule has 3 fully saturated rings. The first-order valence-electron chi connectivity index (χ1n) is 12.0. The van der Waals surface area contributed by atoms with Crippen LogP contribution in [0, 0.1) is 23.7 Å². The molecule has 26 heavy (non-hydrogen) atoms. The molecule has 0 radical (unpaired) electrons. The van der Waals surface area contributed by atoms with Gasteiger partial charge in [0, 0.05) is 24.2 Å². The molecule has 3 aliphatic carbocycles. The van der Waals surface area contributed by atoms with Gasteiger partial charge < -0.3 is 10.6 Å². The van der Waals surface area contributed by atoms with Crippen molar-refractivity contribution in [3.05, 3.63) is 0 Å². The number of hydrogen-bond acceptors (Lipinski definition) is 2. The highest BCUT2D eigenvalue weighted by Gasteiger charge is 2.32. The second-order valence-corrected chi connectivity index (χ2v) is 10.5. The van der Waals surface area contributed by atoms with Gasteiger partial charge in [0.15, 0.2) is 0 Å². The van der Waals surface area contributed by atoms with Gasteiger partial charge in [0.2, 0.25) is 0 Å². The van der Waals surface area contributed by atoms with Crippen molar-refractivity contribution in [2.45, 2.75) is 129 Å². The van der Waals surface area contributed by atoms with Crippen LogP contribution in [-0.4, -0.2) is 24.2 Å². The molecule has 2 nitrogen and oxygen atoms in total. The van der Waals surface area contributed by atoms with Crippen molar-refractivity contribution < 1.29 is 0 Å². The topological polar surface area (TPSA) is 24.1 Å². The summed E-state index contributed by atoms with van der Waals surface area (Å²) in [4.78, 5) is 0. The van der Waals surface area contributed by atoms with Crippen molar-refractivity contribution in [2.24, 2.45) is 23.7 Å². The van der Waals surface area contributed by atoms with Gasteiger partial charge in [0.25, 0.3) is 0 Å². The molecule has 0 amide bonds. The van der Waals surface area contributed by atoms with Gasteiger partial charge in [-0.05, 0) is 87.9 Å². The van der Waals surface area contributed by atoms with E-state index in [9.17, 15) is 0 Å². The van der Waals surface area contributed by atoms with Crippen molar-refractivity contribution in [1.82, 2.24) is 10.6 Å². The average Bonchev–Trinajstić information content (AvgIpc) is 2.64. The van der Waals surface area contributed by atoms with Gasteiger partial charge in [-0.3, -0.25) is 0 Å². The number of nitrogens with one attached hydrogen (secondary N) is 2. The van der Waals surface area contributed by atoms with Gasteiger partial charge in [-0.1, -0.05) is 40.5 Å². The molecule has 2 heteroatoms. The summed E-state index contributed by atoms with van der Waals surface area (Å²) in [5, 5.41) is 8.24. The van der Waals surface area contributed by atoms with Crippen molar-refractivity contribution >= 4 is 0 Å². The molecule has 152 valence electrons. The lowest BCUT2D eigenvalue weighted by Gasteiger charge is -2.41. The summed E-state index contributed by atoms with van der Waals surface area (Å²) in [6.07, 6.45) is 17.0. The number of rotatable bonds is 6. The predicted molar refractivity (Wildman–Crippen MR) is 113 cm³/mol. The summed E-state index contributed by atoms with van der Waals surface area (Å²) in [6.45, 7) is 9.64. The van der Waals surface area contributed by atoms with E-state index in [1.165, 1.54) is 77.0 Å². The summed E-state index contributed by atoms with van der Waals surface area (Å²) in [7, 11) is 0. The summed E-state index contributed by atoms with van der Waals surface area (Å²) < 4.78 is 0. The maximum atomic E-state index is 4.12. The van der Waals surface area contributed by atoms with Crippen LogP contribution in [-0.2, 0) is 0 Å². The largest absolute Gasteiger partial charge is 0.310 e. The van der Waals surface area contributed by atoms with Gasteiger partial charge in [-0.15, -0.1) is 0 Å². The van der Waals surface area contributed by atoms with Crippen molar-refractivity contribution in [2.75, 3.05) is 0 Å². The first-order valence-corrected chi connectivity index (χ1v) is 12.0. The molecule has 0 heterocycles. The minimum atomic E-state index is 0.729. The lowest BCUT2D eigenvalue weighted by Crippen LogP contribution is -2.56. The third-order valence-corrected chi connectivity index (χ3v) is 8.09. The Morgan fingerprint density at radius 3 is 1.15 bits per heavy atom. The minimum Gasteiger partial charge on any atom is -0.310 e. The summed E-state index contributed by atoms with van der Waals surface area (Å²) >= 11 is 0. The van der Waals surface area contributed by atoms with Crippen LogP contribution in [0.15, 0.2) is 0 Å². The molecular formula is C24H46N2. The molecular weight excluding hydrogens is 316 g/mol. The second kappa shape index (κ2) is 9.92. The molecule has 0 bridgehead atoms. The first kappa shape index (κ1) is 20.6. The molecule has 2 N–H and O–H groups in total. The molecule has 3 rings (SSSR count). The Hall–Kier alpha value is -0.0800. The van der Waals surface area contributed by atoms with Crippen LogP contribution in [0.3, 0.4) is 0 Å². The van der Waals surface area contributed by atoms with E-state index in [4.69, 9.17) is 0 Å². The smallest absolute Gasteiger partial charge is 0.0223 e. The highest BCUT2D eigenvalue weighted by Crippen LogP contribution is 2.33. The van der Waals surface area contributed by atoms with Crippen LogP contribution in [0.2, 0.25) is 0 Å². The Bertz CT molecular complexity index is 351. The third kappa shape index (κ3) is 5.71. The molecule has 0 aliphatic heterocycles. The zero-order valence-electron chi connectivity index (χ0n) is 18.1. The van der Waals surface area contributed by atoms with E-state index in [1.54, 1.807) is 0 Å². The van der Waals surface area contributed by atoms with Crippen LogP contribution in [0.25, 0.3) is 0 Å². The van der Waals surface area contributed by atoms with E-state index in [2.05, 4.69) is 38.3 Å². The molecule has 2 atom stereocenters. The van der Waals surface area contributed by atoms with Gasteiger partial charge in [-0.2, -0.15) is 0 Å². The fourth-order valence-corrected chi connectivity index (χ4v) is 6.04. The molecule has 2 unspecified atom stereocenters. The normalized spacial score (nSPS) is 39.5. The van der Waals surface area contributed by atoms with E-state index in [1.807, 2.05) is 0 Å². The van der Waals surface area contributed by atoms with Crippen molar-refractivity contribution in [3.8, 4) is 0 Å². The van der Waals surface area contributed by atoms with E-state index < -0.39 is 0 Å². The standard InChI is InChI=1S/C24H46N2/c1-17(2)19-9-13-21(14-10-19)25-23-7-5-6-8-24(23)26-22-15-11-20(12-16-22)18(3)4/h17-26H,5-16H2,1-4H3. The maximum absolute atomic E-state index is 4.12. The third-order valence-electron chi connectivity index (χ3n) is 8.09. The maximum Gasteiger partial charge on any atom is 0.0223 e. The van der Waals surface area contributed by atoms with E-state index in [0.29, 0.717) is 0 Å². The van der Waals surface area contributed by atoms with Crippen LogP contribution in [0.1, 0.15) is 105 Å². The Kier molecular flexibility index (Phi) is 7.88. The van der Waals surface area contributed by atoms with E-state index in [-0.39, 0.29) is 0 Å². The predicted octanol–water partition coefficient (Wildman–Crippen LogP) is 5.91. The van der Waals surface area contributed by atoms with E-state index >= 15 is 0 Å². The summed E-state index contributed by atoms with van der Waals surface area (Å²) in [5.41, 5.74) is 0. The minimum absolute atomic E-state index is 0.729. The van der Waals surface area contributed by atoms with Crippen molar-refractivity contribution in [3.63, 3.8) is 0 Å². The van der Waals surface area contributed by atoms with Crippen LogP contribution >= 0.6 is 0 Å². The highest BCUT2D eigenvalue weighted by molar-refractivity contribution is 4.92. The molecule has 3 saturated carbocycles. The summed E-state index contributed by atoms with van der Waals surface area (Å²) in [5.74, 6) is 3.70. The Morgan fingerprint density at radius 2 is 0.846 bits per heavy atom. The van der Waals surface area contributed by atoms with Crippen LogP contribution < -0.4 is 10.6 Å². The quantitative estimate of drug-likeness (QED) is 0.614. The van der Waals surface area contributed by atoms with E-state index in [0.717, 1.165) is 47.8 Å². The molecule has 0 saturated heterocycles. The Balaban J connectivity index is 1.45. The Labute approximate surface area is 163 Å². The van der Waals surface area contributed by atoms with Gasteiger partial charge in [0.05, 0.1) is 0 Å². The van der Waals surface area contributed by atoms with Gasteiger partial charge in [-0.25, -0.2) is 0 Å². The van der Waals surface area contributed by atoms with Gasteiger partial charge >= 0.3 is 0 Å². The zero-order chi connectivity index (χ0) is 18.5. The second-order valence-electron chi connectivity index (χ2n) is 10.5. The summed E-state index contributed by atoms with van der Waals surface area (Å²) in [6, 6.07) is 3.03. The monoisotopic (exact) mass is 362 g/mol. The molecule has 0 spiro atoms. The fourth-order valence-electron chi connectivity index (χ4n) is 6.04. The zero-order valence-corrected chi connectivity index (χ0v) is 18.1. The SMILES string of the molecule is CC(C)C1CCC(NC2CCCCC2NC2CCC(C(C)C)CC2)CC1. The molecule has 3 aliphatic rings.